The molecule has 6 nitrogen and oxygen atoms in total. The van der Waals surface area contributed by atoms with E-state index in [2.05, 4.69) is 20.5 Å². The molecule has 9 heteroatoms. The summed E-state index contributed by atoms with van der Waals surface area (Å²) in [6.07, 6.45) is 1.05. The van der Waals surface area contributed by atoms with Crippen molar-refractivity contribution in [3.05, 3.63) is 44.8 Å². The topological polar surface area (TPSA) is 87.7 Å². The predicted octanol–water partition coefficient (Wildman–Crippen LogP) is 2.20. The van der Waals surface area contributed by atoms with E-state index in [0.717, 1.165) is 18.0 Å². The van der Waals surface area contributed by atoms with Crippen molar-refractivity contribution in [3.63, 3.8) is 0 Å². The van der Waals surface area contributed by atoms with Gasteiger partial charge in [0.1, 0.15) is 6.20 Å². The van der Waals surface area contributed by atoms with Crippen LogP contribution in [0.3, 0.4) is 0 Å². The minimum atomic E-state index is -0.371. The molecule has 0 atom stereocenters. The average molecular weight is 331 g/mol. The number of hydrogen-bond donors (Lipinski definition) is 2. The van der Waals surface area contributed by atoms with Crippen LogP contribution in [0.25, 0.3) is 0 Å². The summed E-state index contributed by atoms with van der Waals surface area (Å²) in [5.41, 5.74) is 0.130. The highest BCUT2D eigenvalue weighted by atomic mass is 35.5. The third-order valence-corrected chi connectivity index (χ3v) is 3.34. The van der Waals surface area contributed by atoms with Crippen LogP contribution in [0.1, 0.15) is 0 Å². The number of carbonyl (C=O) groups excluding carboxylic acids is 1. The summed E-state index contributed by atoms with van der Waals surface area (Å²) in [5.74, 6) is -0.210. The van der Waals surface area contributed by atoms with Gasteiger partial charge in [-0.15, -0.1) is 5.10 Å². The quantitative estimate of drug-likeness (QED) is 0.839. The second kappa shape index (κ2) is 6.74. The van der Waals surface area contributed by atoms with Crippen molar-refractivity contribution in [2.45, 2.75) is 5.16 Å². The van der Waals surface area contributed by atoms with Crippen molar-refractivity contribution in [2.75, 3.05) is 11.1 Å². The van der Waals surface area contributed by atoms with Gasteiger partial charge in [-0.1, -0.05) is 35.0 Å². The van der Waals surface area contributed by atoms with Crippen molar-refractivity contribution in [1.82, 2.24) is 15.2 Å². The largest absolute Gasteiger partial charge is 0.325 e. The van der Waals surface area contributed by atoms with Crippen LogP contribution in [-0.4, -0.2) is 26.8 Å². The number of hydrogen-bond acceptors (Lipinski definition) is 5. The first-order valence-electron chi connectivity index (χ1n) is 5.34. The van der Waals surface area contributed by atoms with Crippen molar-refractivity contribution in [1.29, 1.82) is 0 Å². The lowest BCUT2D eigenvalue weighted by Crippen LogP contribution is -2.15. The highest BCUT2D eigenvalue weighted by Crippen LogP contribution is 2.22. The second-order valence-corrected chi connectivity index (χ2v) is 5.47. The molecule has 0 fully saturated rings. The zero-order valence-corrected chi connectivity index (χ0v) is 12.2. The molecule has 0 aliphatic heterocycles. The Labute approximate surface area is 127 Å². The van der Waals surface area contributed by atoms with Gasteiger partial charge >= 0.3 is 0 Å². The van der Waals surface area contributed by atoms with Crippen molar-refractivity contribution >= 4 is 46.6 Å². The molecular weight excluding hydrogens is 323 g/mol. The van der Waals surface area contributed by atoms with E-state index in [1.165, 1.54) is 0 Å². The van der Waals surface area contributed by atoms with E-state index in [0.29, 0.717) is 15.7 Å². The summed E-state index contributed by atoms with van der Waals surface area (Å²) < 4.78 is 0. The molecule has 2 N–H and O–H groups in total. The van der Waals surface area contributed by atoms with Crippen molar-refractivity contribution in [3.8, 4) is 0 Å². The molecule has 0 radical (unpaired) electrons. The van der Waals surface area contributed by atoms with Crippen molar-refractivity contribution in [2.24, 2.45) is 0 Å². The molecule has 0 bridgehead atoms. The predicted molar refractivity (Wildman–Crippen MR) is 78.5 cm³/mol. The molecule has 0 aliphatic carbocycles. The fourth-order valence-electron chi connectivity index (χ4n) is 1.32. The van der Waals surface area contributed by atoms with Gasteiger partial charge in [0.15, 0.2) is 5.16 Å². The number of carbonyl (C=O) groups is 1. The zero-order chi connectivity index (χ0) is 14.5. The van der Waals surface area contributed by atoms with Gasteiger partial charge in [-0.2, -0.15) is 5.10 Å². The monoisotopic (exact) mass is 330 g/mol. The van der Waals surface area contributed by atoms with E-state index in [4.69, 9.17) is 23.2 Å². The zero-order valence-electron chi connectivity index (χ0n) is 9.89. The van der Waals surface area contributed by atoms with Gasteiger partial charge in [0, 0.05) is 15.7 Å². The van der Waals surface area contributed by atoms with Gasteiger partial charge in [-0.3, -0.25) is 14.6 Å². The Morgan fingerprint density at radius 1 is 1.30 bits per heavy atom. The highest BCUT2D eigenvalue weighted by Gasteiger charge is 2.06. The van der Waals surface area contributed by atoms with Crippen LogP contribution in [0.4, 0.5) is 5.69 Å². The van der Waals surface area contributed by atoms with E-state index in [-0.39, 0.29) is 22.4 Å². The van der Waals surface area contributed by atoms with Crippen molar-refractivity contribution < 1.29 is 4.79 Å². The number of aromatic nitrogens is 3. The fraction of sp³-hybridized carbons (Fsp3) is 0.0909. The van der Waals surface area contributed by atoms with Crippen LogP contribution < -0.4 is 10.9 Å². The molecule has 1 aromatic carbocycles. The van der Waals surface area contributed by atoms with E-state index in [9.17, 15) is 9.59 Å². The van der Waals surface area contributed by atoms with Crippen LogP contribution in [0.5, 0.6) is 0 Å². The number of amides is 1. The van der Waals surface area contributed by atoms with Crippen LogP contribution in [0.15, 0.2) is 34.3 Å². The summed E-state index contributed by atoms with van der Waals surface area (Å²) in [6.45, 7) is 0. The smallest absolute Gasteiger partial charge is 0.270 e. The number of H-pyrrole nitrogens is 1. The average Bonchev–Trinajstić information content (AvgIpc) is 2.35. The van der Waals surface area contributed by atoms with E-state index in [1.807, 2.05) is 0 Å². The Morgan fingerprint density at radius 2 is 2.00 bits per heavy atom. The maximum atomic E-state index is 11.7. The normalized spacial score (nSPS) is 10.3. The molecule has 0 aliphatic rings. The third kappa shape index (κ3) is 4.52. The Bertz CT molecular complexity index is 672. The molecule has 2 aromatic rings. The molecule has 0 saturated carbocycles. The molecule has 20 heavy (non-hydrogen) atoms. The number of benzene rings is 1. The van der Waals surface area contributed by atoms with E-state index >= 15 is 0 Å². The first-order chi connectivity index (χ1) is 9.52. The molecule has 2 rings (SSSR count). The minimum Gasteiger partial charge on any atom is -0.325 e. The maximum absolute atomic E-state index is 11.7. The number of nitrogens with zero attached hydrogens (tertiary/aromatic N) is 2. The third-order valence-electron chi connectivity index (χ3n) is 2.04. The number of aromatic amines is 1. The molecular formula is C11H8Cl2N4O2S. The molecule has 0 saturated heterocycles. The molecule has 1 aromatic heterocycles. The summed E-state index contributed by atoms with van der Waals surface area (Å²) in [4.78, 5) is 25.2. The van der Waals surface area contributed by atoms with E-state index in [1.54, 1.807) is 18.2 Å². The molecule has 1 heterocycles. The van der Waals surface area contributed by atoms with Crippen LogP contribution in [0, 0.1) is 0 Å². The Kier molecular flexibility index (Phi) is 4.99. The summed E-state index contributed by atoms with van der Waals surface area (Å²) in [6, 6.07) is 4.73. The highest BCUT2D eigenvalue weighted by molar-refractivity contribution is 7.99. The van der Waals surface area contributed by atoms with Gasteiger partial charge in [0.05, 0.1) is 5.75 Å². The molecule has 0 unspecified atom stereocenters. The molecule has 0 spiro atoms. The Hall–Kier alpha value is -1.57. The number of thioether (sulfide) groups is 1. The SMILES string of the molecule is O=C(CSc1nncc(=O)[nH]1)Nc1cc(Cl)cc(Cl)c1. The lowest BCUT2D eigenvalue weighted by molar-refractivity contribution is -0.113. The van der Waals surface area contributed by atoms with Crippen LogP contribution in [0.2, 0.25) is 10.0 Å². The van der Waals surface area contributed by atoms with Crippen LogP contribution >= 0.6 is 35.0 Å². The summed E-state index contributed by atoms with van der Waals surface area (Å²) in [5, 5.41) is 10.9. The van der Waals surface area contributed by atoms with Gasteiger partial charge in [-0.25, -0.2) is 0 Å². The van der Waals surface area contributed by atoms with Gasteiger partial charge in [0.25, 0.3) is 5.56 Å². The lowest BCUT2D eigenvalue weighted by Gasteiger charge is -2.05. The maximum Gasteiger partial charge on any atom is 0.270 e. The van der Waals surface area contributed by atoms with Crippen LogP contribution in [-0.2, 0) is 4.79 Å². The standard InChI is InChI=1S/C11H8Cl2N4O2S/c12-6-1-7(13)3-8(2-6)15-10(19)5-20-11-16-9(18)4-14-17-11/h1-4H,5H2,(H,15,19)(H,16,17,18). The number of halogens is 2. The number of anilines is 1. The van der Waals surface area contributed by atoms with Gasteiger partial charge in [0.2, 0.25) is 5.91 Å². The van der Waals surface area contributed by atoms with E-state index < -0.39 is 0 Å². The number of rotatable bonds is 4. The molecule has 104 valence electrons. The first kappa shape index (κ1) is 14.8. The summed E-state index contributed by atoms with van der Waals surface area (Å²) >= 11 is 12.7. The Morgan fingerprint density at radius 3 is 2.65 bits per heavy atom. The van der Waals surface area contributed by atoms with Gasteiger partial charge < -0.3 is 5.32 Å². The summed E-state index contributed by atoms with van der Waals surface area (Å²) in [7, 11) is 0. The molecule has 1 amide bonds. The second-order valence-electron chi connectivity index (χ2n) is 3.63. The lowest BCUT2D eigenvalue weighted by atomic mass is 10.3. The first-order valence-corrected chi connectivity index (χ1v) is 7.08. The minimum absolute atomic E-state index is 0.0682. The fourth-order valence-corrected chi connectivity index (χ4v) is 2.46. The Balaban J connectivity index is 1.94. The van der Waals surface area contributed by atoms with Gasteiger partial charge in [-0.05, 0) is 18.2 Å². The number of nitrogens with one attached hydrogen (secondary N) is 2.